The number of nitrogens with one attached hydrogen (secondary N) is 2. The van der Waals surface area contributed by atoms with Crippen molar-refractivity contribution in [1.29, 1.82) is 0 Å². The van der Waals surface area contributed by atoms with E-state index in [0.29, 0.717) is 0 Å². The molecule has 1 rings (SSSR count). The Balaban J connectivity index is 2.46. The van der Waals surface area contributed by atoms with Crippen LogP contribution in [0.4, 0.5) is 0 Å². The van der Waals surface area contributed by atoms with E-state index >= 15 is 0 Å². The molecule has 1 atom stereocenters. The van der Waals surface area contributed by atoms with Crippen molar-refractivity contribution in [3.63, 3.8) is 0 Å². The van der Waals surface area contributed by atoms with Gasteiger partial charge >= 0.3 is 0 Å². The molecule has 1 unspecified atom stereocenters. The van der Waals surface area contributed by atoms with Gasteiger partial charge in [0.25, 0.3) is 0 Å². The standard InChI is InChI=1S/C12H23N3O/c1-3-7-16-12-8-10(13)5-6-11(12)15-9-14-4-2/h5-6,12,14-15H,3-4,7-9,13H2,1-2H3. The summed E-state index contributed by atoms with van der Waals surface area (Å²) in [5, 5.41) is 6.55. The molecule has 0 radical (unpaired) electrons. The quantitative estimate of drug-likeness (QED) is 0.448. The molecule has 0 saturated carbocycles. The Morgan fingerprint density at radius 1 is 1.44 bits per heavy atom. The van der Waals surface area contributed by atoms with E-state index in [9.17, 15) is 0 Å². The van der Waals surface area contributed by atoms with Gasteiger partial charge in [-0.2, -0.15) is 0 Å². The van der Waals surface area contributed by atoms with Crippen molar-refractivity contribution in [2.24, 2.45) is 5.73 Å². The molecule has 0 aliphatic heterocycles. The van der Waals surface area contributed by atoms with E-state index in [1.165, 1.54) is 0 Å². The number of rotatable bonds is 7. The van der Waals surface area contributed by atoms with Gasteiger partial charge in [-0.15, -0.1) is 0 Å². The lowest BCUT2D eigenvalue weighted by Crippen LogP contribution is -2.35. The van der Waals surface area contributed by atoms with E-state index in [4.69, 9.17) is 10.5 Å². The molecule has 0 heterocycles. The Labute approximate surface area is 97.9 Å². The van der Waals surface area contributed by atoms with Crippen LogP contribution < -0.4 is 16.4 Å². The SMILES string of the molecule is CCCOC1CC(N)=CC=C1NCNCC. The number of hydrogen-bond donors (Lipinski definition) is 3. The molecule has 0 aromatic carbocycles. The zero-order chi connectivity index (χ0) is 11.8. The molecule has 0 spiro atoms. The summed E-state index contributed by atoms with van der Waals surface area (Å²) in [6.07, 6.45) is 5.85. The zero-order valence-electron chi connectivity index (χ0n) is 10.3. The monoisotopic (exact) mass is 225 g/mol. The van der Waals surface area contributed by atoms with E-state index < -0.39 is 0 Å². The van der Waals surface area contributed by atoms with Gasteiger partial charge < -0.3 is 21.1 Å². The van der Waals surface area contributed by atoms with Gasteiger partial charge in [-0.1, -0.05) is 13.8 Å². The average molecular weight is 225 g/mol. The summed E-state index contributed by atoms with van der Waals surface area (Å²) in [6, 6.07) is 0. The van der Waals surface area contributed by atoms with Crippen LogP contribution in [0.15, 0.2) is 23.5 Å². The highest BCUT2D eigenvalue weighted by Crippen LogP contribution is 2.17. The Morgan fingerprint density at radius 2 is 2.25 bits per heavy atom. The summed E-state index contributed by atoms with van der Waals surface area (Å²) in [5.41, 5.74) is 7.81. The van der Waals surface area contributed by atoms with E-state index in [1.807, 2.05) is 12.2 Å². The lowest BCUT2D eigenvalue weighted by molar-refractivity contribution is 0.0721. The molecule has 0 fully saturated rings. The van der Waals surface area contributed by atoms with Gasteiger partial charge in [-0.05, 0) is 25.1 Å². The van der Waals surface area contributed by atoms with Gasteiger partial charge in [0, 0.05) is 24.4 Å². The van der Waals surface area contributed by atoms with Crippen LogP contribution in [0.25, 0.3) is 0 Å². The summed E-state index contributed by atoms with van der Waals surface area (Å²) in [6.45, 7) is 6.69. The highest BCUT2D eigenvalue weighted by Gasteiger charge is 2.18. The zero-order valence-corrected chi connectivity index (χ0v) is 10.3. The molecule has 0 saturated heterocycles. The van der Waals surface area contributed by atoms with Crippen LogP contribution in [0.3, 0.4) is 0 Å². The van der Waals surface area contributed by atoms with E-state index in [0.717, 1.165) is 44.1 Å². The first-order valence-electron chi connectivity index (χ1n) is 6.00. The molecule has 1 aliphatic rings. The van der Waals surface area contributed by atoms with Gasteiger partial charge in [0.15, 0.2) is 0 Å². The van der Waals surface area contributed by atoms with Crippen molar-refractivity contribution >= 4 is 0 Å². The van der Waals surface area contributed by atoms with Crippen molar-refractivity contribution in [2.45, 2.75) is 32.8 Å². The molecular weight excluding hydrogens is 202 g/mol. The van der Waals surface area contributed by atoms with Crippen molar-refractivity contribution in [3.05, 3.63) is 23.5 Å². The first-order valence-corrected chi connectivity index (χ1v) is 6.00. The van der Waals surface area contributed by atoms with Gasteiger partial charge in [-0.3, -0.25) is 0 Å². The normalized spacial score (nSPS) is 20.2. The Hall–Kier alpha value is -1.00. The predicted molar refractivity (Wildman–Crippen MR) is 66.7 cm³/mol. The fourth-order valence-corrected chi connectivity index (χ4v) is 1.57. The third-order valence-corrected chi connectivity index (χ3v) is 2.44. The topological polar surface area (TPSA) is 59.3 Å². The summed E-state index contributed by atoms with van der Waals surface area (Å²) in [7, 11) is 0. The number of allylic oxidation sites excluding steroid dienone is 2. The molecule has 0 bridgehead atoms. The van der Waals surface area contributed by atoms with Crippen LogP contribution in [-0.2, 0) is 4.74 Å². The molecule has 16 heavy (non-hydrogen) atoms. The van der Waals surface area contributed by atoms with Gasteiger partial charge in [0.05, 0.1) is 6.67 Å². The molecule has 92 valence electrons. The van der Waals surface area contributed by atoms with Crippen LogP contribution in [-0.4, -0.2) is 25.9 Å². The number of hydrogen-bond acceptors (Lipinski definition) is 4. The number of nitrogens with two attached hydrogens (primary N) is 1. The minimum Gasteiger partial charge on any atom is -0.402 e. The maximum absolute atomic E-state index is 5.81. The third-order valence-electron chi connectivity index (χ3n) is 2.44. The van der Waals surface area contributed by atoms with Crippen molar-refractivity contribution in [2.75, 3.05) is 19.8 Å². The largest absolute Gasteiger partial charge is 0.402 e. The third kappa shape index (κ3) is 4.24. The molecule has 0 amide bonds. The summed E-state index contributed by atoms with van der Waals surface area (Å²) >= 11 is 0. The summed E-state index contributed by atoms with van der Waals surface area (Å²) in [5.74, 6) is 0. The first-order chi connectivity index (χ1) is 7.77. The minimum absolute atomic E-state index is 0.0867. The van der Waals surface area contributed by atoms with Crippen LogP contribution in [0.5, 0.6) is 0 Å². The molecule has 0 aromatic heterocycles. The lowest BCUT2D eigenvalue weighted by atomic mass is 10.1. The van der Waals surface area contributed by atoms with Gasteiger partial charge in [0.2, 0.25) is 0 Å². The van der Waals surface area contributed by atoms with Crippen molar-refractivity contribution < 1.29 is 4.74 Å². The maximum atomic E-state index is 5.81. The van der Waals surface area contributed by atoms with Crippen LogP contribution in [0.1, 0.15) is 26.7 Å². The summed E-state index contributed by atoms with van der Waals surface area (Å²) < 4.78 is 5.77. The van der Waals surface area contributed by atoms with Gasteiger partial charge in [-0.25, -0.2) is 0 Å². The second-order valence-electron chi connectivity index (χ2n) is 3.88. The Bertz CT molecular complexity index is 261. The molecule has 4 N–H and O–H groups in total. The molecule has 1 aliphatic carbocycles. The fourth-order valence-electron chi connectivity index (χ4n) is 1.57. The smallest absolute Gasteiger partial charge is 0.102 e. The second kappa shape index (κ2) is 7.30. The highest BCUT2D eigenvalue weighted by molar-refractivity contribution is 5.25. The summed E-state index contributed by atoms with van der Waals surface area (Å²) in [4.78, 5) is 0. The second-order valence-corrected chi connectivity index (χ2v) is 3.88. The predicted octanol–water partition coefficient (Wildman–Crippen LogP) is 1.07. The van der Waals surface area contributed by atoms with Crippen molar-refractivity contribution in [1.82, 2.24) is 10.6 Å². The van der Waals surface area contributed by atoms with E-state index in [2.05, 4.69) is 24.5 Å². The van der Waals surface area contributed by atoms with E-state index in [1.54, 1.807) is 0 Å². The maximum Gasteiger partial charge on any atom is 0.102 e. The van der Waals surface area contributed by atoms with Crippen LogP contribution >= 0.6 is 0 Å². The molecular formula is C12H23N3O. The Morgan fingerprint density at radius 3 is 2.94 bits per heavy atom. The van der Waals surface area contributed by atoms with Crippen LogP contribution in [0.2, 0.25) is 0 Å². The van der Waals surface area contributed by atoms with E-state index in [-0.39, 0.29) is 6.10 Å². The lowest BCUT2D eigenvalue weighted by Gasteiger charge is -2.25. The minimum atomic E-state index is 0.0867. The highest BCUT2D eigenvalue weighted by atomic mass is 16.5. The molecule has 4 heteroatoms. The number of ether oxygens (including phenoxy) is 1. The van der Waals surface area contributed by atoms with Crippen LogP contribution in [0, 0.1) is 0 Å². The average Bonchev–Trinajstić information content (AvgIpc) is 2.29. The van der Waals surface area contributed by atoms with Gasteiger partial charge in [0.1, 0.15) is 6.10 Å². The fraction of sp³-hybridized carbons (Fsp3) is 0.667. The molecule has 4 nitrogen and oxygen atoms in total. The first kappa shape index (κ1) is 13.1. The Kier molecular flexibility index (Phi) is 5.96. The molecule has 0 aromatic rings. The van der Waals surface area contributed by atoms with Crippen molar-refractivity contribution in [3.8, 4) is 0 Å².